The van der Waals surface area contributed by atoms with E-state index in [0.717, 1.165) is 76.9 Å². The van der Waals surface area contributed by atoms with Gasteiger partial charge in [0, 0.05) is 37.4 Å². The van der Waals surface area contributed by atoms with E-state index in [1.165, 1.54) is 4.90 Å². The topological polar surface area (TPSA) is 116 Å². The molecule has 0 aromatic heterocycles. The van der Waals surface area contributed by atoms with Gasteiger partial charge in [-0.3, -0.25) is 19.3 Å². The third-order valence-electron chi connectivity index (χ3n) is 8.74. The van der Waals surface area contributed by atoms with Crippen molar-refractivity contribution >= 4 is 23.3 Å². The van der Waals surface area contributed by atoms with E-state index in [1.54, 1.807) is 6.07 Å². The molecular formula is C28H40N4O5. The van der Waals surface area contributed by atoms with Crippen LogP contribution in [0, 0.1) is 5.92 Å². The number of likely N-dealkylation sites (tertiary alicyclic amines) is 1. The summed E-state index contributed by atoms with van der Waals surface area (Å²) in [6, 6.07) is 4.93. The van der Waals surface area contributed by atoms with Crippen LogP contribution in [0.25, 0.3) is 0 Å². The van der Waals surface area contributed by atoms with Crippen LogP contribution in [0.5, 0.6) is 0 Å². The number of primary amides is 1. The lowest BCUT2D eigenvalue weighted by molar-refractivity contribution is -0.139. The second-order valence-electron chi connectivity index (χ2n) is 11.1. The predicted molar refractivity (Wildman–Crippen MR) is 139 cm³/mol. The number of nitrogens with two attached hydrogens (primary N) is 1. The van der Waals surface area contributed by atoms with Crippen molar-refractivity contribution in [2.24, 2.45) is 11.7 Å². The molecule has 9 heteroatoms. The van der Waals surface area contributed by atoms with E-state index in [1.807, 2.05) is 12.1 Å². The van der Waals surface area contributed by atoms with Crippen molar-refractivity contribution in [2.75, 3.05) is 50.8 Å². The smallest absolute Gasteiger partial charge is 0.249 e. The molecule has 0 unspecified atom stereocenters. The number of hydrogen-bond acceptors (Lipinski definition) is 7. The van der Waals surface area contributed by atoms with Gasteiger partial charge in [0.05, 0.1) is 12.5 Å². The SMILES string of the molecule is CCCN1CCN(c2ccc(C(N)=O)c([C@@H](C(=O)N3C[C@@H](O)[C@H]4OCC(=O)[C@H]43)C3CCCCC3)c2)CC1. The van der Waals surface area contributed by atoms with Gasteiger partial charge in [0.1, 0.15) is 24.9 Å². The van der Waals surface area contributed by atoms with Crippen molar-refractivity contribution in [3.05, 3.63) is 29.3 Å². The van der Waals surface area contributed by atoms with Crippen molar-refractivity contribution in [3.8, 4) is 0 Å². The number of nitrogens with zero attached hydrogens (tertiary/aromatic N) is 3. The zero-order valence-corrected chi connectivity index (χ0v) is 21.8. The van der Waals surface area contributed by atoms with Crippen molar-refractivity contribution < 1.29 is 24.2 Å². The number of benzene rings is 1. The largest absolute Gasteiger partial charge is 0.388 e. The molecule has 4 aliphatic rings. The van der Waals surface area contributed by atoms with Gasteiger partial charge in [-0.1, -0.05) is 26.2 Å². The van der Waals surface area contributed by atoms with E-state index in [4.69, 9.17) is 10.5 Å². The molecule has 9 nitrogen and oxygen atoms in total. The maximum absolute atomic E-state index is 14.3. The number of amides is 2. The maximum Gasteiger partial charge on any atom is 0.249 e. The molecule has 0 spiro atoms. The number of aliphatic hydroxyl groups excluding tert-OH is 1. The Morgan fingerprint density at radius 3 is 2.54 bits per heavy atom. The number of ether oxygens (including phenoxy) is 1. The molecule has 0 bridgehead atoms. The van der Waals surface area contributed by atoms with E-state index in [0.29, 0.717) is 11.1 Å². The number of aliphatic hydroxyl groups is 1. The average molecular weight is 513 g/mol. The molecule has 3 saturated heterocycles. The number of piperazine rings is 1. The lowest BCUT2D eigenvalue weighted by atomic mass is 9.74. The summed E-state index contributed by atoms with van der Waals surface area (Å²) >= 11 is 0. The summed E-state index contributed by atoms with van der Waals surface area (Å²) in [5.74, 6) is -1.48. The van der Waals surface area contributed by atoms with Crippen molar-refractivity contribution in [1.29, 1.82) is 0 Å². The Kier molecular flexibility index (Phi) is 7.83. The number of anilines is 1. The molecule has 5 rings (SSSR count). The highest BCUT2D eigenvalue weighted by Crippen LogP contribution is 2.42. The van der Waals surface area contributed by atoms with E-state index < -0.39 is 30.1 Å². The normalized spacial score (nSPS) is 27.9. The van der Waals surface area contributed by atoms with Gasteiger partial charge in [-0.2, -0.15) is 0 Å². The fourth-order valence-electron chi connectivity index (χ4n) is 6.87. The van der Waals surface area contributed by atoms with E-state index in [-0.39, 0.29) is 30.8 Å². The summed E-state index contributed by atoms with van der Waals surface area (Å²) in [6.07, 6.45) is 4.49. The zero-order chi connectivity index (χ0) is 26.1. The second-order valence-corrected chi connectivity index (χ2v) is 11.1. The molecular weight excluding hydrogens is 472 g/mol. The van der Waals surface area contributed by atoms with Gasteiger partial charge < -0.3 is 25.4 Å². The Hall–Kier alpha value is -2.49. The van der Waals surface area contributed by atoms with Crippen molar-refractivity contribution in [3.63, 3.8) is 0 Å². The fraction of sp³-hybridized carbons (Fsp3) is 0.679. The highest BCUT2D eigenvalue weighted by molar-refractivity contribution is 5.99. The summed E-state index contributed by atoms with van der Waals surface area (Å²) in [5, 5.41) is 10.6. The highest BCUT2D eigenvalue weighted by Gasteiger charge is 2.53. The number of β-amino-alcohol motifs (C(OH)–C–C–N with tert-alkyl or cyclic N) is 1. The summed E-state index contributed by atoms with van der Waals surface area (Å²) in [5.41, 5.74) is 7.86. The number of fused-ring (bicyclic) bond motifs is 1. The number of rotatable bonds is 7. The van der Waals surface area contributed by atoms with Gasteiger partial charge in [0.25, 0.3) is 0 Å². The number of carbonyl (C=O) groups is 3. The molecule has 202 valence electrons. The van der Waals surface area contributed by atoms with E-state index >= 15 is 0 Å². The first-order valence-corrected chi connectivity index (χ1v) is 13.9. The average Bonchev–Trinajstić information content (AvgIpc) is 3.45. The van der Waals surface area contributed by atoms with Crippen LogP contribution in [0.4, 0.5) is 5.69 Å². The number of ketones is 1. The van der Waals surface area contributed by atoms with E-state index in [2.05, 4.69) is 16.7 Å². The predicted octanol–water partition coefficient (Wildman–Crippen LogP) is 1.52. The molecule has 3 aliphatic heterocycles. The van der Waals surface area contributed by atoms with Gasteiger partial charge in [-0.05, 0) is 55.5 Å². The molecule has 1 saturated carbocycles. The lowest BCUT2D eigenvalue weighted by Gasteiger charge is -2.37. The summed E-state index contributed by atoms with van der Waals surface area (Å²) in [6.45, 7) is 6.97. The van der Waals surface area contributed by atoms with Crippen LogP contribution in [-0.2, 0) is 14.3 Å². The van der Waals surface area contributed by atoms with Gasteiger partial charge in [0.15, 0.2) is 5.78 Å². The first kappa shape index (κ1) is 26.1. The standard InChI is InChI=1S/C28H40N4O5/c1-2-10-30-11-13-31(14-12-30)19-8-9-20(27(29)35)21(15-19)24(18-6-4-3-5-7-18)28(36)32-16-22(33)26-25(32)23(34)17-37-26/h8-9,15,18,22,24-26,33H,2-7,10-14,16-17H2,1H3,(H2,29,35)/t22-,24+,25-,26-/m1/s1. The number of Topliss-reactive ketones (excluding diaryl/α,β-unsaturated/α-hetero) is 1. The summed E-state index contributed by atoms with van der Waals surface area (Å²) < 4.78 is 5.52. The van der Waals surface area contributed by atoms with Crippen molar-refractivity contribution in [2.45, 2.75) is 69.6 Å². The lowest BCUT2D eigenvalue weighted by Crippen LogP contribution is -2.47. The second kappa shape index (κ2) is 11.1. The van der Waals surface area contributed by atoms with Crippen molar-refractivity contribution in [1.82, 2.24) is 9.80 Å². The Labute approximate surface area is 218 Å². The third kappa shape index (κ3) is 5.13. The van der Waals surface area contributed by atoms with Crippen LogP contribution in [0.15, 0.2) is 18.2 Å². The van der Waals surface area contributed by atoms with E-state index in [9.17, 15) is 19.5 Å². The molecule has 2 amide bonds. The molecule has 3 heterocycles. The summed E-state index contributed by atoms with van der Waals surface area (Å²) in [4.78, 5) is 45.8. The first-order chi connectivity index (χ1) is 17.9. The minimum absolute atomic E-state index is 0.0459. The third-order valence-corrected chi connectivity index (χ3v) is 8.74. The zero-order valence-electron chi connectivity index (χ0n) is 21.8. The molecule has 37 heavy (non-hydrogen) atoms. The molecule has 4 atom stereocenters. The monoisotopic (exact) mass is 512 g/mol. The Morgan fingerprint density at radius 1 is 1.14 bits per heavy atom. The molecule has 3 N–H and O–H groups in total. The Morgan fingerprint density at radius 2 is 1.86 bits per heavy atom. The van der Waals surface area contributed by atoms with Gasteiger partial charge in [-0.25, -0.2) is 0 Å². The van der Waals surface area contributed by atoms with Crippen LogP contribution in [0.2, 0.25) is 0 Å². The number of carbonyl (C=O) groups excluding carboxylic acids is 3. The minimum atomic E-state index is -0.895. The van der Waals surface area contributed by atoms with Crippen LogP contribution in [0.1, 0.15) is 67.3 Å². The highest BCUT2D eigenvalue weighted by atomic mass is 16.5. The quantitative estimate of drug-likeness (QED) is 0.569. The first-order valence-electron chi connectivity index (χ1n) is 13.9. The van der Waals surface area contributed by atoms with Gasteiger partial charge >= 0.3 is 0 Å². The molecule has 4 fully saturated rings. The minimum Gasteiger partial charge on any atom is -0.388 e. The van der Waals surface area contributed by atoms with Crippen LogP contribution in [0.3, 0.4) is 0 Å². The maximum atomic E-state index is 14.3. The number of hydrogen-bond donors (Lipinski definition) is 2. The van der Waals surface area contributed by atoms with Crippen LogP contribution >= 0.6 is 0 Å². The Balaban J connectivity index is 1.50. The van der Waals surface area contributed by atoms with Gasteiger partial charge in [0.2, 0.25) is 11.8 Å². The molecule has 1 aliphatic carbocycles. The summed E-state index contributed by atoms with van der Waals surface area (Å²) in [7, 11) is 0. The van der Waals surface area contributed by atoms with Crippen LogP contribution < -0.4 is 10.6 Å². The molecule has 1 aromatic carbocycles. The van der Waals surface area contributed by atoms with Crippen LogP contribution in [-0.4, -0.2) is 96.6 Å². The van der Waals surface area contributed by atoms with Gasteiger partial charge in [-0.15, -0.1) is 0 Å². The molecule has 0 radical (unpaired) electrons. The Bertz CT molecular complexity index is 1020. The molecule has 1 aromatic rings. The fourth-order valence-corrected chi connectivity index (χ4v) is 6.87.